The predicted octanol–water partition coefficient (Wildman–Crippen LogP) is 3.00. The Hall–Kier alpha value is -2.16. The smallest absolute Gasteiger partial charge is 0.357 e. The first-order valence-electron chi connectivity index (χ1n) is 5.95. The van der Waals surface area contributed by atoms with Gasteiger partial charge in [-0.1, -0.05) is 37.3 Å². The normalized spacial score (nSPS) is 10.1. The van der Waals surface area contributed by atoms with Gasteiger partial charge in [-0.2, -0.15) is 0 Å². The van der Waals surface area contributed by atoms with Gasteiger partial charge in [-0.25, -0.2) is 9.78 Å². The summed E-state index contributed by atoms with van der Waals surface area (Å²) in [7, 11) is 0. The van der Waals surface area contributed by atoms with Crippen molar-refractivity contribution in [1.29, 1.82) is 0 Å². The number of hydrogen-bond acceptors (Lipinski definition) is 3. The number of hydrogen-bond donors (Lipinski definition) is 0. The van der Waals surface area contributed by atoms with Crippen LogP contribution in [0.25, 0.3) is 0 Å². The maximum atomic E-state index is 11.8. The Labute approximate surface area is 106 Å². The third-order valence-corrected chi connectivity index (χ3v) is 2.65. The van der Waals surface area contributed by atoms with Crippen molar-refractivity contribution in [2.45, 2.75) is 20.0 Å². The van der Waals surface area contributed by atoms with Crippen LogP contribution >= 0.6 is 0 Å². The molecule has 1 aromatic heterocycles. The van der Waals surface area contributed by atoms with Crippen molar-refractivity contribution in [2.24, 2.45) is 0 Å². The van der Waals surface area contributed by atoms with Crippen molar-refractivity contribution in [3.05, 3.63) is 65.5 Å². The minimum absolute atomic E-state index is 0.276. The molecule has 0 bridgehead atoms. The van der Waals surface area contributed by atoms with E-state index in [1.54, 1.807) is 12.3 Å². The Bertz CT molecular complexity index is 523. The van der Waals surface area contributed by atoms with Crippen LogP contribution in [-0.4, -0.2) is 11.0 Å². The van der Waals surface area contributed by atoms with Crippen molar-refractivity contribution in [3.63, 3.8) is 0 Å². The van der Waals surface area contributed by atoms with Gasteiger partial charge in [0.25, 0.3) is 0 Å². The fourth-order valence-corrected chi connectivity index (χ4v) is 1.60. The third kappa shape index (κ3) is 3.17. The van der Waals surface area contributed by atoms with Gasteiger partial charge in [0.15, 0.2) is 0 Å². The van der Waals surface area contributed by atoms with Gasteiger partial charge < -0.3 is 4.74 Å². The van der Waals surface area contributed by atoms with Crippen LogP contribution in [0.2, 0.25) is 0 Å². The zero-order valence-electron chi connectivity index (χ0n) is 10.3. The average molecular weight is 241 g/mol. The summed E-state index contributed by atoms with van der Waals surface area (Å²) in [6.45, 7) is 2.31. The zero-order chi connectivity index (χ0) is 12.8. The summed E-state index contributed by atoms with van der Waals surface area (Å²) >= 11 is 0. The molecule has 0 aliphatic carbocycles. The third-order valence-electron chi connectivity index (χ3n) is 2.65. The number of carbonyl (C=O) groups excluding carboxylic acids is 1. The van der Waals surface area contributed by atoms with E-state index in [9.17, 15) is 4.79 Å². The van der Waals surface area contributed by atoms with Crippen LogP contribution in [0.4, 0.5) is 0 Å². The van der Waals surface area contributed by atoms with Crippen molar-refractivity contribution in [2.75, 3.05) is 0 Å². The van der Waals surface area contributed by atoms with Crippen LogP contribution in [0.15, 0.2) is 48.7 Å². The van der Waals surface area contributed by atoms with E-state index in [0.29, 0.717) is 5.69 Å². The molecule has 3 nitrogen and oxygen atoms in total. The minimum atomic E-state index is -0.380. The molecule has 1 aromatic carbocycles. The van der Waals surface area contributed by atoms with Gasteiger partial charge in [0.05, 0.1) is 0 Å². The van der Waals surface area contributed by atoms with Crippen LogP contribution in [-0.2, 0) is 17.8 Å². The first-order chi connectivity index (χ1) is 8.79. The molecule has 18 heavy (non-hydrogen) atoms. The van der Waals surface area contributed by atoms with Crippen LogP contribution in [0.5, 0.6) is 0 Å². The van der Waals surface area contributed by atoms with Crippen LogP contribution < -0.4 is 0 Å². The standard InChI is InChI=1S/C15H15NO2/c1-2-12-8-9-16-14(10-12)15(17)18-11-13-6-4-3-5-7-13/h3-10H,2,11H2,1H3. The summed E-state index contributed by atoms with van der Waals surface area (Å²) in [5, 5.41) is 0. The van der Waals surface area contributed by atoms with E-state index >= 15 is 0 Å². The molecule has 0 saturated heterocycles. The molecule has 0 spiro atoms. The molecule has 0 fully saturated rings. The number of benzene rings is 1. The molecular formula is C15H15NO2. The molecular weight excluding hydrogens is 226 g/mol. The van der Waals surface area contributed by atoms with E-state index in [2.05, 4.69) is 4.98 Å². The van der Waals surface area contributed by atoms with Gasteiger partial charge in [-0.05, 0) is 29.7 Å². The summed E-state index contributed by atoms with van der Waals surface area (Å²) in [5.41, 5.74) is 2.42. The number of aryl methyl sites for hydroxylation is 1. The van der Waals surface area contributed by atoms with Gasteiger partial charge >= 0.3 is 5.97 Å². The second-order valence-electron chi connectivity index (χ2n) is 3.96. The lowest BCUT2D eigenvalue weighted by atomic mass is 10.2. The van der Waals surface area contributed by atoms with Crippen molar-refractivity contribution in [3.8, 4) is 0 Å². The number of rotatable bonds is 4. The molecule has 0 aliphatic heterocycles. The Morgan fingerprint density at radius 3 is 2.67 bits per heavy atom. The highest BCUT2D eigenvalue weighted by Crippen LogP contribution is 2.07. The molecule has 0 N–H and O–H groups in total. The highest BCUT2D eigenvalue weighted by Gasteiger charge is 2.09. The summed E-state index contributed by atoms with van der Waals surface area (Å²) in [6.07, 6.45) is 2.51. The Kier molecular flexibility index (Phi) is 4.07. The molecule has 2 rings (SSSR count). The van der Waals surface area contributed by atoms with E-state index in [0.717, 1.165) is 17.5 Å². The maximum Gasteiger partial charge on any atom is 0.357 e. The summed E-state index contributed by atoms with van der Waals surface area (Å²) < 4.78 is 5.21. The van der Waals surface area contributed by atoms with E-state index in [1.165, 1.54) is 0 Å². The summed E-state index contributed by atoms with van der Waals surface area (Å²) in [4.78, 5) is 15.8. The number of carbonyl (C=O) groups is 1. The summed E-state index contributed by atoms with van der Waals surface area (Å²) in [6, 6.07) is 13.3. The van der Waals surface area contributed by atoms with Crippen molar-refractivity contribution in [1.82, 2.24) is 4.98 Å². The summed E-state index contributed by atoms with van der Waals surface area (Å²) in [5.74, 6) is -0.380. The number of esters is 1. The Morgan fingerprint density at radius 2 is 1.94 bits per heavy atom. The monoisotopic (exact) mass is 241 g/mol. The largest absolute Gasteiger partial charge is 0.456 e. The van der Waals surface area contributed by atoms with Crippen LogP contribution in [0.1, 0.15) is 28.5 Å². The van der Waals surface area contributed by atoms with E-state index in [4.69, 9.17) is 4.74 Å². The molecule has 0 aliphatic rings. The van der Waals surface area contributed by atoms with Crippen LogP contribution in [0.3, 0.4) is 0 Å². The SMILES string of the molecule is CCc1ccnc(C(=O)OCc2ccccc2)c1. The van der Waals surface area contributed by atoms with Gasteiger partial charge in [-0.3, -0.25) is 0 Å². The molecule has 92 valence electrons. The van der Waals surface area contributed by atoms with Gasteiger partial charge in [0.2, 0.25) is 0 Å². The highest BCUT2D eigenvalue weighted by molar-refractivity contribution is 5.87. The number of aromatic nitrogens is 1. The molecule has 0 unspecified atom stereocenters. The number of ether oxygens (including phenoxy) is 1. The second kappa shape index (κ2) is 5.96. The highest BCUT2D eigenvalue weighted by atomic mass is 16.5. The van der Waals surface area contributed by atoms with Gasteiger partial charge in [0.1, 0.15) is 12.3 Å². The zero-order valence-corrected chi connectivity index (χ0v) is 10.3. The number of nitrogens with zero attached hydrogens (tertiary/aromatic N) is 1. The van der Waals surface area contributed by atoms with E-state index in [1.807, 2.05) is 43.3 Å². The second-order valence-corrected chi connectivity index (χ2v) is 3.96. The number of pyridine rings is 1. The fraction of sp³-hybridized carbons (Fsp3) is 0.200. The van der Waals surface area contributed by atoms with Crippen molar-refractivity contribution >= 4 is 5.97 Å². The van der Waals surface area contributed by atoms with E-state index < -0.39 is 0 Å². The van der Waals surface area contributed by atoms with Crippen molar-refractivity contribution < 1.29 is 9.53 Å². The molecule has 3 heteroatoms. The average Bonchev–Trinajstić information content (AvgIpc) is 2.46. The molecule has 0 saturated carbocycles. The van der Waals surface area contributed by atoms with Gasteiger partial charge in [-0.15, -0.1) is 0 Å². The van der Waals surface area contributed by atoms with Gasteiger partial charge in [0, 0.05) is 6.20 Å². The predicted molar refractivity (Wildman–Crippen MR) is 69.2 cm³/mol. The minimum Gasteiger partial charge on any atom is -0.456 e. The quantitative estimate of drug-likeness (QED) is 0.772. The molecule has 2 aromatic rings. The molecule has 0 radical (unpaired) electrons. The molecule has 1 heterocycles. The van der Waals surface area contributed by atoms with Crippen LogP contribution in [0, 0.1) is 0 Å². The lowest BCUT2D eigenvalue weighted by molar-refractivity contribution is 0.0465. The first kappa shape index (κ1) is 12.3. The lowest BCUT2D eigenvalue weighted by Gasteiger charge is -2.05. The Morgan fingerprint density at radius 1 is 1.17 bits per heavy atom. The maximum absolute atomic E-state index is 11.8. The first-order valence-corrected chi connectivity index (χ1v) is 5.95. The lowest BCUT2D eigenvalue weighted by Crippen LogP contribution is -2.07. The topological polar surface area (TPSA) is 39.2 Å². The fourth-order valence-electron chi connectivity index (χ4n) is 1.60. The molecule has 0 amide bonds. The van der Waals surface area contributed by atoms with E-state index in [-0.39, 0.29) is 12.6 Å². The molecule has 0 atom stereocenters. The Balaban J connectivity index is 1.99.